The first-order valence-electron chi connectivity index (χ1n) is 9.78. The molecule has 4 rings (SSSR count). The van der Waals surface area contributed by atoms with E-state index in [1.54, 1.807) is 4.52 Å². The number of thioether (sulfide) groups is 1. The van der Waals surface area contributed by atoms with Gasteiger partial charge in [-0.05, 0) is 31.0 Å². The summed E-state index contributed by atoms with van der Waals surface area (Å²) < 4.78 is 1.71. The maximum absolute atomic E-state index is 13.1. The van der Waals surface area contributed by atoms with Crippen molar-refractivity contribution in [3.05, 3.63) is 89.2 Å². The van der Waals surface area contributed by atoms with Gasteiger partial charge in [0.15, 0.2) is 0 Å². The fraction of sp³-hybridized carbons (Fsp3) is 0.217. The van der Waals surface area contributed by atoms with E-state index in [2.05, 4.69) is 15.1 Å². The highest BCUT2D eigenvalue weighted by molar-refractivity contribution is 7.99. The molecule has 0 fully saturated rings. The minimum absolute atomic E-state index is 0.0485. The molecular formula is C23H23N5OS. The van der Waals surface area contributed by atoms with E-state index >= 15 is 0 Å². The molecule has 0 radical (unpaired) electrons. The fourth-order valence-corrected chi connectivity index (χ4v) is 3.99. The summed E-state index contributed by atoms with van der Waals surface area (Å²) in [4.78, 5) is 23.8. The van der Waals surface area contributed by atoms with E-state index < -0.39 is 0 Å². The summed E-state index contributed by atoms with van der Waals surface area (Å²) in [6.07, 6.45) is 0. The SMILES string of the molecule is Cc1cc(C)n2nc(SCC(=O)N(Cc3ccccc3)Cc3ccccc3)nc2n1. The Morgan fingerprint density at radius 1 is 0.933 bits per heavy atom. The van der Waals surface area contributed by atoms with Crippen LogP contribution in [0.4, 0.5) is 0 Å². The number of amides is 1. The van der Waals surface area contributed by atoms with Crippen molar-refractivity contribution in [3.63, 3.8) is 0 Å². The van der Waals surface area contributed by atoms with Crippen molar-refractivity contribution < 1.29 is 4.79 Å². The zero-order valence-corrected chi connectivity index (χ0v) is 17.8. The summed E-state index contributed by atoms with van der Waals surface area (Å²) in [7, 11) is 0. The average Bonchev–Trinajstić information content (AvgIpc) is 3.16. The monoisotopic (exact) mass is 417 g/mol. The number of hydrogen-bond acceptors (Lipinski definition) is 5. The minimum atomic E-state index is 0.0485. The highest BCUT2D eigenvalue weighted by Gasteiger charge is 2.17. The first kappa shape index (κ1) is 20.1. The third kappa shape index (κ3) is 4.86. The van der Waals surface area contributed by atoms with E-state index in [0.29, 0.717) is 24.0 Å². The maximum Gasteiger partial charge on any atom is 0.253 e. The van der Waals surface area contributed by atoms with E-state index in [-0.39, 0.29) is 11.7 Å². The molecule has 0 aliphatic heterocycles. The van der Waals surface area contributed by atoms with Gasteiger partial charge in [0.05, 0.1) is 5.75 Å². The van der Waals surface area contributed by atoms with Crippen LogP contribution in [0.25, 0.3) is 5.78 Å². The van der Waals surface area contributed by atoms with Gasteiger partial charge in [0.25, 0.3) is 5.78 Å². The van der Waals surface area contributed by atoms with Gasteiger partial charge in [0, 0.05) is 24.5 Å². The molecule has 2 aromatic carbocycles. The van der Waals surface area contributed by atoms with Crippen molar-refractivity contribution in [2.75, 3.05) is 5.75 Å². The molecule has 0 N–H and O–H groups in total. The van der Waals surface area contributed by atoms with E-state index in [9.17, 15) is 4.79 Å². The molecule has 4 aromatic rings. The number of rotatable bonds is 7. The molecule has 0 spiro atoms. The molecule has 0 aliphatic carbocycles. The Morgan fingerprint density at radius 2 is 1.53 bits per heavy atom. The predicted molar refractivity (Wildman–Crippen MR) is 118 cm³/mol. The van der Waals surface area contributed by atoms with Gasteiger partial charge in [-0.25, -0.2) is 9.50 Å². The van der Waals surface area contributed by atoms with E-state index in [0.717, 1.165) is 22.5 Å². The van der Waals surface area contributed by atoms with Gasteiger partial charge in [0.1, 0.15) is 0 Å². The van der Waals surface area contributed by atoms with Crippen molar-refractivity contribution >= 4 is 23.4 Å². The van der Waals surface area contributed by atoms with Crippen LogP contribution in [0.15, 0.2) is 71.9 Å². The van der Waals surface area contributed by atoms with Gasteiger partial charge in [-0.3, -0.25) is 4.79 Å². The Bertz CT molecular complexity index is 1100. The zero-order chi connectivity index (χ0) is 20.9. The number of hydrogen-bond donors (Lipinski definition) is 0. The molecule has 1 amide bonds. The first-order valence-corrected chi connectivity index (χ1v) is 10.8. The van der Waals surface area contributed by atoms with Gasteiger partial charge < -0.3 is 4.90 Å². The highest BCUT2D eigenvalue weighted by Crippen LogP contribution is 2.18. The van der Waals surface area contributed by atoms with Crippen molar-refractivity contribution in [1.29, 1.82) is 0 Å². The third-order valence-electron chi connectivity index (χ3n) is 4.71. The zero-order valence-electron chi connectivity index (χ0n) is 17.0. The second-order valence-corrected chi connectivity index (χ2v) is 8.10. The van der Waals surface area contributed by atoms with Crippen LogP contribution in [0.2, 0.25) is 0 Å². The molecule has 6 nitrogen and oxygen atoms in total. The molecule has 2 heterocycles. The molecule has 0 atom stereocenters. The molecule has 2 aromatic heterocycles. The summed E-state index contributed by atoms with van der Waals surface area (Å²) in [6.45, 7) is 5.03. The second kappa shape index (κ2) is 9.09. The van der Waals surface area contributed by atoms with Gasteiger partial charge in [0.2, 0.25) is 11.1 Å². The highest BCUT2D eigenvalue weighted by atomic mass is 32.2. The Hall–Kier alpha value is -3.19. The largest absolute Gasteiger partial charge is 0.333 e. The molecule has 7 heteroatoms. The maximum atomic E-state index is 13.1. The number of fused-ring (bicyclic) bond motifs is 1. The number of carbonyl (C=O) groups excluding carboxylic acids is 1. The smallest absolute Gasteiger partial charge is 0.253 e. The van der Waals surface area contributed by atoms with Crippen molar-refractivity contribution in [3.8, 4) is 0 Å². The van der Waals surface area contributed by atoms with Crippen LogP contribution in [0, 0.1) is 13.8 Å². The van der Waals surface area contributed by atoms with Crippen LogP contribution in [-0.4, -0.2) is 36.1 Å². The van der Waals surface area contributed by atoms with Gasteiger partial charge in [-0.2, -0.15) is 4.98 Å². The summed E-state index contributed by atoms with van der Waals surface area (Å²) in [5.74, 6) is 0.884. The summed E-state index contributed by atoms with van der Waals surface area (Å²) in [5.41, 5.74) is 4.08. The molecule has 0 bridgehead atoms. The van der Waals surface area contributed by atoms with Crippen LogP contribution < -0.4 is 0 Å². The Labute approximate surface area is 180 Å². The summed E-state index contributed by atoms with van der Waals surface area (Å²) >= 11 is 1.34. The quantitative estimate of drug-likeness (QED) is 0.424. The fourth-order valence-electron chi connectivity index (χ4n) is 3.27. The Kier molecular flexibility index (Phi) is 6.09. The topological polar surface area (TPSA) is 63.4 Å². The number of aryl methyl sites for hydroxylation is 2. The normalized spacial score (nSPS) is 11.0. The van der Waals surface area contributed by atoms with Crippen molar-refractivity contribution in [1.82, 2.24) is 24.5 Å². The Morgan fingerprint density at radius 3 is 2.13 bits per heavy atom. The second-order valence-electron chi connectivity index (χ2n) is 7.15. The van der Waals surface area contributed by atoms with Gasteiger partial charge in [-0.15, -0.1) is 5.10 Å². The number of nitrogens with zero attached hydrogens (tertiary/aromatic N) is 5. The van der Waals surface area contributed by atoms with Crippen molar-refractivity contribution in [2.45, 2.75) is 32.1 Å². The van der Waals surface area contributed by atoms with Gasteiger partial charge in [-0.1, -0.05) is 72.4 Å². The molecular weight excluding hydrogens is 394 g/mol. The lowest BCUT2D eigenvalue weighted by molar-refractivity contribution is -0.129. The summed E-state index contributed by atoms with van der Waals surface area (Å²) in [5, 5.41) is 5.05. The van der Waals surface area contributed by atoms with Crippen LogP contribution in [-0.2, 0) is 17.9 Å². The predicted octanol–water partition coefficient (Wildman–Crippen LogP) is 4.06. The lowest BCUT2D eigenvalue weighted by Crippen LogP contribution is -2.31. The molecule has 0 saturated carbocycles. The number of benzene rings is 2. The number of aromatic nitrogens is 4. The van der Waals surface area contributed by atoms with Crippen LogP contribution in [0.1, 0.15) is 22.5 Å². The molecule has 0 saturated heterocycles. The first-order chi connectivity index (χ1) is 14.6. The van der Waals surface area contributed by atoms with Crippen LogP contribution in [0.5, 0.6) is 0 Å². The molecule has 30 heavy (non-hydrogen) atoms. The van der Waals surface area contributed by atoms with Crippen LogP contribution >= 0.6 is 11.8 Å². The van der Waals surface area contributed by atoms with E-state index in [4.69, 9.17) is 0 Å². The minimum Gasteiger partial charge on any atom is -0.333 e. The Balaban J connectivity index is 1.49. The van der Waals surface area contributed by atoms with E-state index in [1.165, 1.54) is 11.8 Å². The molecule has 0 aliphatic rings. The number of carbonyl (C=O) groups is 1. The van der Waals surface area contributed by atoms with Crippen LogP contribution in [0.3, 0.4) is 0 Å². The van der Waals surface area contributed by atoms with E-state index in [1.807, 2.05) is 85.5 Å². The molecule has 0 unspecified atom stereocenters. The average molecular weight is 418 g/mol. The van der Waals surface area contributed by atoms with Crippen molar-refractivity contribution in [2.24, 2.45) is 0 Å². The van der Waals surface area contributed by atoms with Gasteiger partial charge >= 0.3 is 0 Å². The molecule has 152 valence electrons. The summed E-state index contributed by atoms with van der Waals surface area (Å²) in [6, 6.07) is 22.1. The standard InChI is InChI=1S/C23H23N5OS/c1-17-13-18(2)28-22(24-17)25-23(26-28)30-16-21(29)27(14-19-9-5-3-6-10-19)15-20-11-7-4-8-12-20/h3-13H,14-16H2,1-2H3. The lowest BCUT2D eigenvalue weighted by Gasteiger charge is -2.23. The lowest BCUT2D eigenvalue weighted by atomic mass is 10.1. The third-order valence-corrected chi connectivity index (χ3v) is 5.53.